The Morgan fingerprint density at radius 1 is 1.19 bits per heavy atom. The minimum atomic E-state index is -0.751. The van der Waals surface area contributed by atoms with Crippen molar-refractivity contribution in [1.29, 1.82) is 0 Å². The molecule has 1 heterocycles. The van der Waals surface area contributed by atoms with Crippen LogP contribution in [0.25, 0.3) is 5.69 Å². The molecule has 31 heavy (non-hydrogen) atoms. The Morgan fingerprint density at radius 3 is 2.68 bits per heavy atom. The van der Waals surface area contributed by atoms with Gasteiger partial charge in [-0.3, -0.25) is 14.2 Å². The van der Waals surface area contributed by atoms with E-state index in [2.05, 4.69) is 10.4 Å². The van der Waals surface area contributed by atoms with Crippen LogP contribution < -0.4 is 21.3 Å². The van der Waals surface area contributed by atoms with E-state index in [4.69, 9.17) is 16.3 Å². The van der Waals surface area contributed by atoms with Gasteiger partial charge in [0.15, 0.2) is 0 Å². The average Bonchev–Trinajstić information content (AvgIpc) is 3.60. The summed E-state index contributed by atoms with van der Waals surface area (Å²) in [4.78, 5) is 39.0. The van der Waals surface area contributed by atoms with Gasteiger partial charge in [0.25, 0.3) is 11.5 Å². The summed E-state index contributed by atoms with van der Waals surface area (Å²) in [7, 11) is 1.53. The third kappa shape index (κ3) is 4.69. The van der Waals surface area contributed by atoms with Gasteiger partial charge in [0.2, 0.25) is 5.69 Å². The molecule has 9 heteroatoms. The number of benzene rings is 2. The van der Waals surface area contributed by atoms with Gasteiger partial charge in [-0.1, -0.05) is 29.8 Å². The predicted molar refractivity (Wildman–Crippen MR) is 116 cm³/mol. The zero-order chi connectivity index (χ0) is 22.0. The van der Waals surface area contributed by atoms with Gasteiger partial charge in [0, 0.05) is 11.6 Å². The van der Waals surface area contributed by atoms with Gasteiger partial charge in [0.05, 0.1) is 19.3 Å². The van der Waals surface area contributed by atoms with Crippen molar-refractivity contribution in [1.82, 2.24) is 19.7 Å². The lowest BCUT2D eigenvalue weighted by molar-refractivity contribution is 0.0942. The predicted octanol–water partition coefficient (Wildman–Crippen LogP) is 2.24. The summed E-state index contributed by atoms with van der Waals surface area (Å²) >= 11 is 6.07. The molecular weight excluding hydrogens is 420 g/mol. The summed E-state index contributed by atoms with van der Waals surface area (Å²) in [6.45, 7) is 0.437. The van der Waals surface area contributed by atoms with Crippen molar-refractivity contribution >= 4 is 17.5 Å². The lowest BCUT2D eigenvalue weighted by Crippen LogP contribution is -2.46. The number of nitrogens with zero attached hydrogens (tertiary/aromatic N) is 3. The number of amides is 1. The second-order valence-electron chi connectivity index (χ2n) is 7.42. The van der Waals surface area contributed by atoms with E-state index in [1.807, 2.05) is 0 Å². The monoisotopic (exact) mass is 440 g/mol. The van der Waals surface area contributed by atoms with Gasteiger partial charge in [-0.25, -0.2) is 4.79 Å². The zero-order valence-electron chi connectivity index (χ0n) is 16.9. The topological polar surface area (TPSA) is 95.2 Å². The van der Waals surface area contributed by atoms with Crippen LogP contribution in [0.15, 0.2) is 58.1 Å². The van der Waals surface area contributed by atoms with Gasteiger partial charge in [-0.05, 0) is 54.7 Å². The SMILES string of the molecule is COc1cccc(Cn2c(=O)c(C(=O)NCC3CC3)nn(-c3cccc(Cl)c3)c2=O)c1. The first-order valence-electron chi connectivity index (χ1n) is 9.87. The van der Waals surface area contributed by atoms with Crippen LogP contribution in [0.5, 0.6) is 5.75 Å². The molecule has 2 aromatic carbocycles. The standard InChI is InChI=1S/C22H21ClN4O4/c1-31-18-7-2-4-15(10-18)13-26-21(29)19(20(28)24-12-14-8-9-14)25-27(22(26)30)17-6-3-5-16(23)11-17/h2-7,10-11,14H,8-9,12-13H2,1H3,(H,24,28). The molecule has 160 valence electrons. The smallest absolute Gasteiger partial charge is 0.352 e. The first-order valence-corrected chi connectivity index (χ1v) is 10.3. The molecule has 1 amide bonds. The number of hydrogen-bond donors (Lipinski definition) is 1. The van der Waals surface area contributed by atoms with Crippen LogP contribution in [0, 0.1) is 5.92 Å². The second kappa shape index (κ2) is 8.77. The Kier molecular flexibility index (Phi) is 5.90. The van der Waals surface area contributed by atoms with Gasteiger partial charge >= 0.3 is 5.69 Å². The van der Waals surface area contributed by atoms with Gasteiger partial charge in [-0.2, -0.15) is 9.78 Å². The molecule has 1 aliphatic rings. The Balaban J connectivity index is 1.82. The normalized spacial score (nSPS) is 13.1. The van der Waals surface area contributed by atoms with Crippen molar-refractivity contribution in [3.63, 3.8) is 0 Å². The molecule has 1 saturated carbocycles. The first kappa shape index (κ1) is 20.9. The summed E-state index contributed by atoms with van der Waals surface area (Å²) in [5.74, 6) is 0.422. The maximum atomic E-state index is 13.2. The van der Waals surface area contributed by atoms with E-state index in [-0.39, 0.29) is 12.2 Å². The fraction of sp³-hybridized carbons (Fsp3) is 0.273. The van der Waals surface area contributed by atoms with Crippen LogP contribution in [0.1, 0.15) is 28.9 Å². The van der Waals surface area contributed by atoms with Crippen molar-refractivity contribution in [3.05, 3.63) is 85.6 Å². The molecule has 1 N–H and O–H groups in total. The van der Waals surface area contributed by atoms with Crippen molar-refractivity contribution in [2.24, 2.45) is 5.92 Å². The highest BCUT2D eigenvalue weighted by Gasteiger charge is 2.25. The third-order valence-electron chi connectivity index (χ3n) is 5.05. The van der Waals surface area contributed by atoms with Crippen molar-refractivity contribution < 1.29 is 9.53 Å². The molecule has 0 aliphatic heterocycles. The molecule has 4 rings (SSSR count). The Labute approximate surface area is 183 Å². The van der Waals surface area contributed by atoms with E-state index in [1.165, 1.54) is 7.11 Å². The molecule has 1 aromatic heterocycles. The van der Waals surface area contributed by atoms with E-state index in [0.29, 0.717) is 34.5 Å². The van der Waals surface area contributed by atoms with Crippen LogP contribution >= 0.6 is 11.6 Å². The van der Waals surface area contributed by atoms with E-state index in [1.54, 1.807) is 48.5 Å². The number of nitrogens with one attached hydrogen (secondary N) is 1. The quantitative estimate of drug-likeness (QED) is 0.608. The molecule has 8 nitrogen and oxygen atoms in total. The number of carbonyl (C=O) groups excluding carboxylic acids is 1. The van der Waals surface area contributed by atoms with E-state index in [9.17, 15) is 14.4 Å². The Hall–Kier alpha value is -3.39. The summed E-state index contributed by atoms with van der Waals surface area (Å²) < 4.78 is 7.24. The van der Waals surface area contributed by atoms with Crippen LogP contribution in [0.3, 0.4) is 0 Å². The molecule has 0 atom stereocenters. The lowest BCUT2D eigenvalue weighted by atomic mass is 10.2. The van der Waals surface area contributed by atoms with Crippen molar-refractivity contribution in [3.8, 4) is 11.4 Å². The summed E-state index contributed by atoms with van der Waals surface area (Å²) in [6, 6.07) is 13.5. The summed E-state index contributed by atoms with van der Waals surface area (Å²) in [5.41, 5.74) is -0.740. The minimum Gasteiger partial charge on any atom is -0.497 e. The number of aromatic nitrogens is 3. The average molecular weight is 441 g/mol. The molecular formula is C22H21ClN4O4. The minimum absolute atomic E-state index is 0.0408. The third-order valence-corrected chi connectivity index (χ3v) is 5.29. The molecule has 3 aromatic rings. The maximum absolute atomic E-state index is 13.2. The molecule has 0 spiro atoms. The van der Waals surface area contributed by atoms with Crippen molar-refractivity contribution in [2.75, 3.05) is 13.7 Å². The largest absolute Gasteiger partial charge is 0.497 e. The number of hydrogen-bond acceptors (Lipinski definition) is 5. The maximum Gasteiger partial charge on any atom is 0.352 e. The Morgan fingerprint density at radius 2 is 1.97 bits per heavy atom. The van der Waals surface area contributed by atoms with E-state index < -0.39 is 17.2 Å². The van der Waals surface area contributed by atoms with E-state index >= 15 is 0 Å². The second-order valence-corrected chi connectivity index (χ2v) is 7.86. The molecule has 0 bridgehead atoms. The van der Waals surface area contributed by atoms with Gasteiger partial charge < -0.3 is 10.1 Å². The van der Waals surface area contributed by atoms with Gasteiger partial charge in [0.1, 0.15) is 5.75 Å². The molecule has 0 radical (unpaired) electrons. The lowest BCUT2D eigenvalue weighted by Gasteiger charge is -2.13. The van der Waals surface area contributed by atoms with Crippen molar-refractivity contribution in [2.45, 2.75) is 19.4 Å². The highest BCUT2D eigenvalue weighted by molar-refractivity contribution is 6.30. The molecule has 1 aliphatic carbocycles. The number of halogens is 1. The summed E-state index contributed by atoms with van der Waals surface area (Å²) in [5, 5.41) is 7.24. The van der Waals surface area contributed by atoms with Crippen LogP contribution in [0.4, 0.5) is 0 Å². The Bertz CT molecular complexity index is 1250. The fourth-order valence-corrected chi connectivity index (χ4v) is 3.35. The highest BCUT2D eigenvalue weighted by Crippen LogP contribution is 2.27. The molecule has 1 fully saturated rings. The number of rotatable bonds is 7. The first-order chi connectivity index (χ1) is 15.0. The van der Waals surface area contributed by atoms with Crippen LogP contribution in [0.2, 0.25) is 5.02 Å². The number of methoxy groups -OCH3 is 1. The fourth-order valence-electron chi connectivity index (χ4n) is 3.17. The van der Waals surface area contributed by atoms with E-state index in [0.717, 1.165) is 22.1 Å². The number of carbonyl (C=O) groups is 1. The van der Waals surface area contributed by atoms with Crippen LogP contribution in [-0.2, 0) is 6.54 Å². The molecule has 0 unspecified atom stereocenters. The highest BCUT2D eigenvalue weighted by atomic mass is 35.5. The summed E-state index contributed by atoms with van der Waals surface area (Å²) in [6.07, 6.45) is 2.10. The number of ether oxygens (including phenoxy) is 1. The zero-order valence-corrected chi connectivity index (χ0v) is 17.6. The van der Waals surface area contributed by atoms with Gasteiger partial charge in [-0.15, -0.1) is 0 Å². The molecule has 0 saturated heterocycles. The van der Waals surface area contributed by atoms with Crippen LogP contribution in [-0.4, -0.2) is 33.9 Å².